The average molecular weight is 607 g/mol. The molecular weight excluding hydrogens is 568 g/mol. The Labute approximate surface area is 261 Å². The first-order chi connectivity index (χ1) is 21.5. The first-order valence-corrected chi connectivity index (χ1v) is 15.1. The molecule has 4 N–H and O–H groups in total. The van der Waals surface area contributed by atoms with Gasteiger partial charge in [-0.25, -0.2) is 0 Å². The van der Waals surface area contributed by atoms with E-state index in [9.17, 15) is 14.7 Å². The Hall–Kier alpha value is -5.03. The molecule has 5 aromatic rings. The van der Waals surface area contributed by atoms with Gasteiger partial charge in [0.05, 0.1) is 24.0 Å². The van der Waals surface area contributed by atoms with Gasteiger partial charge >= 0.3 is 0 Å². The van der Waals surface area contributed by atoms with Crippen molar-refractivity contribution in [1.82, 2.24) is 35.1 Å². The minimum absolute atomic E-state index is 0.251. The van der Waals surface area contributed by atoms with Crippen LogP contribution in [0, 0.1) is 13.8 Å². The lowest BCUT2D eigenvalue weighted by atomic mass is 9.90. The van der Waals surface area contributed by atoms with Crippen molar-refractivity contribution in [3.63, 3.8) is 0 Å². The number of hydrogen-bond donors (Lipinski definition) is 4. The van der Waals surface area contributed by atoms with E-state index >= 15 is 0 Å². The number of carbonyl (C=O) groups excluding carboxylic acids is 2. The van der Waals surface area contributed by atoms with Gasteiger partial charge in [0.25, 0.3) is 5.91 Å². The molecule has 0 aliphatic heterocycles. The van der Waals surface area contributed by atoms with E-state index in [1.54, 1.807) is 44.0 Å². The fraction of sp³-hybridized carbons (Fsp3) is 0.324. The number of aromatic nitrogens is 6. The largest absolute Gasteiger partial charge is 0.389 e. The van der Waals surface area contributed by atoms with Crippen molar-refractivity contribution in [2.45, 2.75) is 64.6 Å². The molecule has 3 heterocycles. The molecular formula is C34H38N8O3. The lowest BCUT2D eigenvalue weighted by molar-refractivity contribution is -0.118. The van der Waals surface area contributed by atoms with Gasteiger partial charge in [-0.1, -0.05) is 30.3 Å². The van der Waals surface area contributed by atoms with E-state index in [1.807, 2.05) is 44.3 Å². The number of amides is 2. The lowest BCUT2D eigenvalue weighted by Crippen LogP contribution is -2.47. The van der Waals surface area contributed by atoms with Gasteiger partial charge in [-0.3, -0.25) is 24.1 Å². The quantitative estimate of drug-likeness (QED) is 0.194. The summed E-state index contributed by atoms with van der Waals surface area (Å²) < 4.78 is 3.22. The zero-order valence-corrected chi connectivity index (χ0v) is 26.1. The number of aliphatic hydroxyl groups is 1. The lowest BCUT2D eigenvalue weighted by Gasteiger charge is -2.25. The number of aryl methyl sites for hydroxylation is 4. The van der Waals surface area contributed by atoms with Crippen molar-refractivity contribution in [3.8, 4) is 22.3 Å². The summed E-state index contributed by atoms with van der Waals surface area (Å²) in [6.45, 7) is 7.79. The maximum Gasteiger partial charge on any atom is 0.270 e. The van der Waals surface area contributed by atoms with E-state index < -0.39 is 11.6 Å². The number of nitrogens with one attached hydrogen (secondary N) is 3. The summed E-state index contributed by atoms with van der Waals surface area (Å²) in [5, 5.41) is 32.2. The summed E-state index contributed by atoms with van der Waals surface area (Å²) >= 11 is 0. The molecule has 45 heavy (non-hydrogen) atoms. The van der Waals surface area contributed by atoms with Gasteiger partial charge in [0.15, 0.2) is 0 Å². The molecule has 2 amide bonds. The normalized spacial score (nSPS) is 15.1. The number of fused-ring (bicyclic) bond motifs is 1. The first kappa shape index (κ1) is 30.0. The Kier molecular flexibility index (Phi) is 7.88. The molecule has 6 rings (SSSR count). The van der Waals surface area contributed by atoms with Crippen molar-refractivity contribution in [2.75, 3.05) is 5.32 Å². The minimum atomic E-state index is -0.892. The highest BCUT2D eigenvalue weighted by molar-refractivity contribution is 6.01. The van der Waals surface area contributed by atoms with Gasteiger partial charge in [-0.05, 0) is 81.0 Å². The number of aromatic amines is 1. The van der Waals surface area contributed by atoms with Gasteiger partial charge in [0, 0.05) is 47.9 Å². The Morgan fingerprint density at radius 2 is 1.82 bits per heavy atom. The second kappa shape index (κ2) is 11.8. The molecule has 232 valence electrons. The molecule has 2 aromatic carbocycles. The van der Waals surface area contributed by atoms with Gasteiger partial charge in [0.1, 0.15) is 11.7 Å². The van der Waals surface area contributed by atoms with Crippen LogP contribution in [-0.2, 0) is 24.8 Å². The van der Waals surface area contributed by atoms with Crippen LogP contribution in [0.5, 0.6) is 0 Å². The van der Waals surface area contributed by atoms with Gasteiger partial charge in [0.2, 0.25) is 5.91 Å². The average Bonchev–Trinajstić information content (AvgIpc) is 3.79. The molecule has 1 aliphatic rings. The molecule has 0 saturated carbocycles. The third-order valence-corrected chi connectivity index (χ3v) is 8.38. The highest BCUT2D eigenvalue weighted by atomic mass is 16.3. The highest BCUT2D eigenvalue weighted by Crippen LogP contribution is 2.39. The Morgan fingerprint density at radius 1 is 1.07 bits per heavy atom. The monoisotopic (exact) mass is 606 g/mol. The predicted molar refractivity (Wildman–Crippen MR) is 172 cm³/mol. The van der Waals surface area contributed by atoms with Crippen LogP contribution < -0.4 is 10.6 Å². The fourth-order valence-corrected chi connectivity index (χ4v) is 6.23. The summed E-state index contributed by atoms with van der Waals surface area (Å²) in [6, 6.07) is 14.7. The number of rotatable bonds is 9. The van der Waals surface area contributed by atoms with Crippen LogP contribution >= 0.6 is 0 Å². The minimum Gasteiger partial charge on any atom is -0.389 e. The molecule has 0 saturated heterocycles. The maximum atomic E-state index is 14.0. The van der Waals surface area contributed by atoms with Crippen LogP contribution in [0.1, 0.15) is 59.2 Å². The van der Waals surface area contributed by atoms with E-state index in [2.05, 4.69) is 49.2 Å². The van der Waals surface area contributed by atoms with E-state index in [4.69, 9.17) is 0 Å². The van der Waals surface area contributed by atoms with Gasteiger partial charge < -0.3 is 15.7 Å². The van der Waals surface area contributed by atoms with Crippen LogP contribution in [-0.4, -0.2) is 58.3 Å². The number of H-pyrrole nitrogens is 1. The second-order valence-corrected chi connectivity index (χ2v) is 12.5. The van der Waals surface area contributed by atoms with Crippen molar-refractivity contribution in [2.24, 2.45) is 7.05 Å². The Morgan fingerprint density at radius 3 is 2.49 bits per heavy atom. The van der Waals surface area contributed by atoms with Gasteiger partial charge in [-0.15, -0.1) is 0 Å². The first-order valence-electron chi connectivity index (χ1n) is 15.1. The van der Waals surface area contributed by atoms with Crippen LogP contribution in [0.2, 0.25) is 0 Å². The number of anilines is 1. The summed E-state index contributed by atoms with van der Waals surface area (Å²) in [4.78, 5) is 27.4. The smallest absolute Gasteiger partial charge is 0.270 e. The number of hydrogen-bond acceptors (Lipinski definition) is 6. The van der Waals surface area contributed by atoms with Crippen LogP contribution in [0.15, 0.2) is 67.1 Å². The molecule has 0 unspecified atom stereocenters. The number of nitrogens with zero attached hydrogens (tertiary/aromatic N) is 5. The van der Waals surface area contributed by atoms with Crippen molar-refractivity contribution in [3.05, 3.63) is 95.3 Å². The van der Waals surface area contributed by atoms with Crippen molar-refractivity contribution in [1.29, 1.82) is 0 Å². The zero-order chi connectivity index (χ0) is 31.9. The van der Waals surface area contributed by atoms with Crippen LogP contribution in [0.25, 0.3) is 22.3 Å². The van der Waals surface area contributed by atoms with E-state index in [0.717, 1.165) is 51.2 Å². The molecule has 11 nitrogen and oxygen atoms in total. The topological polar surface area (TPSA) is 143 Å². The van der Waals surface area contributed by atoms with Crippen molar-refractivity contribution >= 4 is 17.5 Å². The van der Waals surface area contributed by atoms with E-state index in [0.29, 0.717) is 24.3 Å². The van der Waals surface area contributed by atoms with Gasteiger partial charge in [-0.2, -0.15) is 15.3 Å². The second-order valence-electron chi connectivity index (χ2n) is 12.5. The third-order valence-electron chi connectivity index (χ3n) is 8.38. The third kappa shape index (κ3) is 6.30. The molecule has 1 aliphatic carbocycles. The summed E-state index contributed by atoms with van der Waals surface area (Å²) in [5.74, 6) is -0.914. The molecule has 0 spiro atoms. The molecule has 0 fully saturated rings. The molecule has 2 atom stereocenters. The predicted octanol–water partition coefficient (Wildman–Crippen LogP) is 4.53. The summed E-state index contributed by atoms with van der Waals surface area (Å²) in [7, 11) is 1.70. The molecule has 0 bridgehead atoms. The molecule has 0 radical (unpaired) electrons. The summed E-state index contributed by atoms with van der Waals surface area (Å²) in [6.07, 6.45) is 6.75. The highest BCUT2D eigenvalue weighted by Gasteiger charge is 2.36. The maximum absolute atomic E-state index is 14.0. The standard InChI is InChI=1S/C34H38N8O3/c1-20-30(21(2)40-39-20)23-8-11-26(12-9-23)37-33(44)31(38-32(43)29-14-15-35-41(29)5)27-13-10-22-6-7-24(16-28(22)27)25-17-36-42(18-25)19-34(3,4)45/h6-9,11-12,14-18,27,31,45H,10,13,19H2,1-5H3,(H,37,44)(H,38,43)(H,39,40)/t27-,31+/m1/s1. The Balaban J connectivity index is 1.29. The SMILES string of the molecule is Cc1n[nH]c(C)c1-c1ccc(NC(=O)[C@@H](NC(=O)c2ccnn2C)[C@@H]2CCc3ccc(-c4cnn(CC(C)(C)O)c4)cc32)cc1. The van der Waals surface area contributed by atoms with E-state index in [-0.39, 0.29) is 17.7 Å². The van der Waals surface area contributed by atoms with Crippen LogP contribution in [0.3, 0.4) is 0 Å². The van der Waals surface area contributed by atoms with E-state index in [1.165, 1.54) is 4.68 Å². The summed E-state index contributed by atoms with van der Waals surface area (Å²) in [5.41, 5.74) is 8.08. The van der Waals surface area contributed by atoms with Crippen LogP contribution in [0.4, 0.5) is 5.69 Å². The number of benzene rings is 2. The number of carbonyl (C=O) groups is 2. The molecule has 11 heteroatoms. The fourth-order valence-electron chi connectivity index (χ4n) is 6.23. The zero-order valence-electron chi connectivity index (χ0n) is 26.1. The Bertz CT molecular complexity index is 1840. The molecule has 3 aromatic heterocycles. The van der Waals surface area contributed by atoms with Crippen molar-refractivity contribution < 1.29 is 14.7 Å².